The van der Waals surface area contributed by atoms with Crippen LogP contribution in [-0.4, -0.2) is 15.9 Å². The molecule has 5 nitrogen and oxygen atoms in total. The molecule has 0 aliphatic carbocycles. The van der Waals surface area contributed by atoms with Crippen LogP contribution in [0.2, 0.25) is 0 Å². The highest BCUT2D eigenvalue weighted by molar-refractivity contribution is 6.02. The minimum atomic E-state index is -0.860. The first-order valence-corrected chi connectivity index (χ1v) is 7.93. The van der Waals surface area contributed by atoms with Gasteiger partial charge in [-0.25, -0.2) is 18.7 Å². The Labute approximate surface area is 149 Å². The number of aromatic nitrogens is 2. The summed E-state index contributed by atoms with van der Waals surface area (Å²) >= 11 is 0. The fraction of sp³-hybridized carbons (Fsp3) is 0.105. The average Bonchev–Trinajstić information content (AvgIpc) is 2.65. The summed E-state index contributed by atoms with van der Waals surface area (Å²) in [5.41, 5.74) is 0.979. The van der Waals surface area contributed by atoms with E-state index < -0.39 is 17.5 Å². The zero-order valence-corrected chi connectivity index (χ0v) is 13.9. The molecular formula is C19H16F2N4O. The van der Waals surface area contributed by atoms with Crippen LogP contribution in [0.5, 0.6) is 0 Å². The van der Waals surface area contributed by atoms with E-state index in [4.69, 9.17) is 0 Å². The molecule has 0 spiro atoms. The van der Waals surface area contributed by atoms with Gasteiger partial charge in [-0.2, -0.15) is 0 Å². The topological polar surface area (TPSA) is 66.9 Å². The number of halogens is 2. The van der Waals surface area contributed by atoms with Crippen molar-refractivity contribution >= 4 is 17.4 Å². The van der Waals surface area contributed by atoms with Crippen LogP contribution in [0.3, 0.4) is 0 Å². The molecule has 0 saturated carbocycles. The Kier molecular flexibility index (Phi) is 5.17. The van der Waals surface area contributed by atoms with E-state index in [1.54, 1.807) is 0 Å². The Morgan fingerprint density at radius 1 is 1.04 bits per heavy atom. The largest absolute Gasteiger partial charge is 0.362 e. The zero-order chi connectivity index (χ0) is 18.5. The summed E-state index contributed by atoms with van der Waals surface area (Å²) in [5.74, 6) is -1.71. The van der Waals surface area contributed by atoms with E-state index in [1.807, 2.05) is 37.3 Å². The highest BCUT2D eigenvalue weighted by Gasteiger charge is 2.12. The molecule has 0 fully saturated rings. The molecule has 1 unspecified atom stereocenters. The Morgan fingerprint density at radius 2 is 1.81 bits per heavy atom. The van der Waals surface area contributed by atoms with Gasteiger partial charge in [0.2, 0.25) is 0 Å². The number of hydrogen-bond acceptors (Lipinski definition) is 4. The fourth-order valence-corrected chi connectivity index (χ4v) is 2.34. The van der Waals surface area contributed by atoms with Crippen molar-refractivity contribution < 1.29 is 13.6 Å². The number of anilines is 2. The van der Waals surface area contributed by atoms with Gasteiger partial charge in [0.15, 0.2) is 0 Å². The molecule has 2 N–H and O–H groups in total. The number of amides is 1. The van der Waals surface area contributed by atoms with Gasteiger partial charge in [0.1, 0.15) is 23.1 Å². The Morgan fingerprint density at radius 3 is 2.46 bits per heavy atom. The molecule has 1 atom stereocenters. The van der Waals surface area contributed by atoms with Crippen molar-refractivity contribution in [3.05, 3.63) is 83.8 Å². The number of benzene rings is 2. The van der Waals surface area contributed by atoms with Crippen LogP contribution >= 0.6 is 0 Å². The highest BCUT2D eigenvalue weighted by Crippen LogP contribution is 2.18. The average molecular weight is 354 g/mol. The Balaban J connectivity index is 1.66. The van der Waals surface area contributed by atoms with Gasteiger partial charge in [-0.1, -0.05) is 30.3 Å². The molecule has 2 aromatic carbocycles. The van der Waals surface area contributed by atoms with Crippen molar-refractivity contribution in [3.63, 3.8) is 0 Å². The van der Waals surface area contributed by atoms with E-state index in [9.17, 15) is 13.6 Å². The maximum atomic E-state index is 13.6. The second-order valence-electron chi connectivity index (χ2n) is 5.64. The molecule has 1 amide bonds. The van der Waals surface area contributed by atoms with Crippen molar-refractivity contribution in [2.45, 2.75) is 13.0 Å². The summed E-state index contributed by atoms with van der Waals surface area (Å²) in [7, 11) is 0. The third kappa shape index (κ3) is 4.18. The predicted molar refractivity (Wildman–Crippen MR) is 94.8 cm³/mol. The molecule has 0 aliphatic rings. The standard InChI is InChI=1S/C19H16F2N4O/c1-12(13-5-3-2-4-6-13)24-18-11-22-17(10-23-18)19(26)25-16-8-7-14(20)9-15(16)21/h2-12H,1H3,(H,23,24)(H,25,26). The van der Waals surface area contributed by atoms with Crippen LogP contribution < -0.4 is 10.6 Å². The first kappa shape index (κ1) is 17.5. The number of carbonyl (C=O) groups is 1. The van der Waals surface area contributed by atoms with E-state index in [1.165, 1.54) is 12.4 Å². The Bertz CT molecular complexity index is 901. The lowest BCUT2D eigenvalue weighted by Gasteiger charge is -2.14. The van der Waals surface area contributed by atoms with Gasteiger partial charge < -0.3 is 10.6 Å². The lowest BCUT2D eigenvalue weighted by atomic mass is 10.1. The molecule has 3 aromatic rings. The lowest BCUT2D eigenvalue weighted by Crippen LogP contribution is -2.16. The van der Waals surface area contributed by atoms with E-state index in [-0.39, 0.29) is 17.4 Å². The fourth-order valence-electron chi connectivity index (χ4n) is 2.34. The minimum Gasteiger partial charge on any atom is -0.362 e. The third-order valence-corrected chi connectivity index (χ3v) is 3.73. The number of nitrogens with zero attached hydrogens (tertiary/aromatic N) is 2. The maximum Gasteiger partial charge on any atom is 0.275 e. The van der Waals surface area contributed by atoms with Crippen LogP contribution in [-0.2, 0) is 0 Å². The van der Waals surface area contributed by atoms with Gasteiger partial charge in [0.25, 0.3) is 5.91 Å². The van der Waals surface area contributed by atoms with Crippen LogP contribution in [0, 0.1) is 11.6 Å². The summed E-state index contributed by atoms with van der Waals surface area (Å²) in [6.45, 7) is 1.98. The lowest BCUT2D eigenvalue weighted by molar-refractivity contribution is 0.102. The van der Waals surface area contributed by atoms with Gasteiger partial charge in [-0.05, 0) is 24.6 Å². The van der Waals surface area contributed by atoms with Gasteiger partial charge in [-0.3, -0.25) is 4.79 Å². The minimum absolute atomic E-state index is 0.0125. The predicted octanol–water partition coefficient (Wildman–Crippen LogP) is 4.18. The number of rotatable bonds is 5. The normalized spacial score (nSPS) is 11.7. The number of hydrogen-bond donors (Lipinski definition) is 2. The first-order chi connectivity index (χ1) is 12.5. The molecule has 1 heterocycles. The van der Waals surface area contributed by atoms with E-state index >= 15 is 0 Å². The summed E-state index contributed by atoms with van der Waals surface area (Å²) in [4.78, 5) is 20.3. The molecule has 26 heavy (non-hydrogen) atoms. The van der Waals surface area contributed by atoms with Crippen LogP contribution in [0.1, 0.15) is 29.0 Å². The molecule has 0 saturated heterocycles. The van der Waals surface area contributed by atoms with Gasteiger partial charge in [0.05, 0.1) is 18.1 Å². The highest BCUT2D eigenvalue weighted by atomic mass is 19.1. The molecule has 0 bridgehead atoms. The maximum absolute atomic E-state index is 13.6. The zero-order valence-electron chi connectivity index (χ0n) is 13.9. The number of carbonyl (C=O) groups excluding carboxylic acids is 1. The molecule has 0 radical (unpaired) electrons. The van der Waals surface area contributed by atoms with E-state index in [0.29, 0.717) is 11.9 Å². The van der Waals surface area contributed by atoms with Crippen LogP contribution in [0.25, 0.3) is 0 Å². The molecule has 0 aliphatic heterocycles. The van der Waals surface area contributed by atoms with Crippen molar-refractivity contribution in [1.82, 2.24) is 9.97 Å². The van der Waals surface area contributed by atoms with Crippen molar-refractivity contribution in [3.8, 4) is 0 Å². The summed E-state index contributed by atoms with van der Waals surface area (Å²) in [5, 5.41) is 5.52. The summed E-state index contributed by atoms with van der Waals surface area (Å²) in [6.07, 6.45) is 2.71. The van der Waals surface area contributed by atoms with Crippen molar-refractivity contribution in [2.24, 2.45) is 0 Å². The molecule has 1 aromatic heterocycles. The second kappa shape index (κ2) is 7.69. The Hall–Kier alpha value is -3.35. The first-order valence-electron chi connectivity index (χ1n) is 7.93. The molecule has 132 valence electrons. The smallest absolute Gasteiger partial charge is 0.275 e. The second-order valence-corrected chi connectivity index (χ2v) is 5.64. The summed E-state index contributed by atoms with van der Waals surface area (Å²) < 4.78 is 26.5. The van der Waals surface area contributed by atoms with Crippen LogP contribution in [0.4, 0.5) is 20.3 Å². The molecular weight excluding hydrogens is 338 g/mol. The summed E-state index contributed by atoms with van der Waals surface area (Å²) in [6, 6.07) is 12.7. The van der Waals surface area contributed by atoms with Gasteiger partial charge >= 0.3 is 0 Å². The van der Waals surface area contributed by atoms with Crippen LogP contribution in [0.15, 0.2) is 60.9 Å². The van der Waals surface area contributed by atoms with E-state index in [0.717, 1.165) is 17.7 Å². The molecule has 7 heteroatoms. The number of nitrogens with one attached hydrogen (secondary N) is 2. The van der Waals surface area contributed by atoms with Gasteiger partial charge in [-0.15, -0.1) is 0 Å². The third-order valence-electron chi connectivity index (χ3n) is 3.73. The SMILES string of the molecule is CC(Nc1cnc(C(=O)Nc2ccc(F)cc2F)cn1)c1ccccc1. The van der Waals surface area contributed by atoms with Gasteiger partial charge in [0, 0.05) is 12.1 Å². The quantitative estimate of drug-likeness (QED) is 0.721. The van der Waals surface area contributed by atoms with Crippen molar-refractivity contribution in [1.29, 1.82) is 0 Å². The van der Waals surface area contributed by atoms with Crippen molar-refractivity contribution in [2.75, 3.05) is 10.6 Å². The monoisotopic (exact) mass is 354 g/mol. The van der Waals surface area contributed by atoms with E-state index in [2.05, 4.69) is 20.6 Å². The molecule has 3 rings (SSSR count).